The van der Waals surface area contributed by atoms with Gasteiger partial charge in [-0.15, -0.1) is 0 Å². The van der Waals surface area contributed by atoms with Crippen molar-refractivity contribution in [1.29, 1.82) is 0 Å². The number of nitrogens with one attached hydrogen (secondary N) is 1. The molecule has 1 N–H and O–H groups in total. The van der Waals surface area contributed by atoms with Gasteiger partial charge in [0.05, 0.1) is 0 Å². The Labute approximate surface area is 125 Å². The van der Waals surface area contributed by atoms with Crippen molar-refractivity contribution in [1.82, 2.24) is 10.2 Å². The predicted molar refractivity (Wildman–Crippen MR) is 85.3 cm³/mol. The Balaban J connectivity index is 1.93. The van der Waals surface area contributed by atoms with Crippen molar-refractivity contribution in [3.63, 3.8) is 0 Å². The van der Waals surface area contributed by atoms with Gasteiger partial charge in [-0.2, -0.15) is 0 Å². The van der Waals surface area contributed by atoms with Crippen molar-refractivity contribution in [2.45, 2.75) is 32.7 Å². The molecule has 1 aliphatic rings. The normalized spacial score (nSPS) is 17.0. The molecular weight excluding hydrogens is 300 g/mol. The van der Waals surface area contributed by atoms with Crippen LogP contribution in [0.2, 0.25) is 0 Å². The Bertz CT molecular complexity index is 375. The molecule has 1 saturated heterocycles. The van der Waals surface area contributed by atoms with E-state index in [1.807, 2.05) is 0 Å². The molecule has 1 aromatic carbocycles. The molecule has 0 aromatic heterocycles. The molecule has 1 heterocycles. The SMILES string of the molecule is CCCN(Cc1ccccc1Br)CC1CCNCC1. The summed E-state index contributed by atoms with van der Waals surface area (Å²) in [6, 6.07) is 8.60. The number of nitrogens with zero attached hydrogens (tertiary/aromatic N) is 1. The fourth-order valence-electron chi connectivity index (χ4n) is 2.85. The monoisotopic (exact) mass is 324 g/mol. The first kappa shape index (κ1) is 15.0. The minimum atomic E-state index is 0.871. The summed E-state index contributed by atoms with van der Waals surface area (Å²) >= 11 is 3.66. The molecule has 0 spiro atoms. The molecule has 0 saturated carbocycles. The van der Waals surface area contributed by atoms with Gasteiger partial charge in [0, 0.05) is 17.6 Å². The van der Waals surface area contributed by atoms with Crippen LogP contribution in [0.25, 0.3) is 0 Å². The van der Waals surface area contributed by atoms with Crippen LogP contribution in [-0.2, 0) is 6.54 Å². The number of piperidine rings is 1. The molecule has 2 nitrogen and oxygen atoms in total. The lowest BCUT2D eigenvalue weighted by atomic mass is 9.97. The van der Waals surface area contributed by atoms with E-state index in [-0.39, 0.29) is 0 Å². The lowest BCUT2D eigenvalue weighted by Crippen LogP contribution is -2.36. The first-order chi connectivity index (χ1) is 9.29. The molecule has 0 bridgehead atoms. The third-order valence-corrected chi connectivity index (χ3v) is 4.64. The van der Waals surface area contributed by atoms with Gasteiger partial charge in [0.25, 0.3) is 0 Å². The van der Waals surface area contributed by atoms with Crippen molar-refractivity contribution in [2.24, 2.45) is 5.92 Å². The second-order valence-electron chi connectivity index (χ2n) is 5.52. The van der Waals surface area contributed by atoms with Crippen LogP contribution in [-0.4, -0.2) is 31.1 Å². The van der Waals surface area contributed by atoms with E-state index >= 15 is 0 Å². The average Bonchev–Trinajstić information content (AvgIpc) is 2.43. The summed E-state index contributed by atoms with van der Waals surface area (Å²) < 4.78 is 1.24. The Morgan fingerprint density at radius 3 is 2.68 bits per heavy atom. The summed E-state index contributed by atoms with van der Waals surface area (Å²) in [5, 5.41) is 3.45. The van der Waals surface area contributed by atoms with Gasteiger partial charge in [-0.1, -0.05) is 41.1 Å². The van der Waals surface area contributed by atoms with Gasteiger partial charge in [0.15, 0.2) is 0 Å². The first-order valence-electron chi connectivity index (χ1n) is 7.46. The molecule has 0 aliphatic carbocycles. The number of rotatable bonds is 6. The Kier molecular flexibility index (Phi) is 6.35. The van der Waals surface area contributed by atoms with E-state index in [0.717, 1.165) is 12.5 Å². The van der Waals surface area contributed by atoms with E-state index in [9.17, 15) is 0 Å². The number of hydrogen-bond acceptors (Lipinski definition) is 2. The predicted octanol–water partition coefficient (Wildman–Crippen LogP) is 3.66. The standard InChI is InChI=1S/C16H25BrN2/c1-2-11-19(12-14-7-9-18-10-8-14)13-15-5-3-4-6-16(15)17/h3-6,14,18H,2,7-13H2,1H3. The maximum Gasteiger partial charge on any atom is 0.0245 e. The molecule has 0 unspecified atom stereocenters. The molecule has 1 fully saturated rings. The summed E-state index contributed by atoms with van der Waals surface area (Å²) in [5.41, 5.74) is 1.41. The van der Waals surface area contributed by atoms with Crippen LogP contribution < -0.4 is 5.32 Å². The smallest absolute Gasteiger partial charge is 0.0245 e. The lowest BCUT2D eigenvalue weighted by Gasteiger charge is -2.30. The van der Waals surface area contributed by atoms with Gasteiger partial charge >= 0.3 is 0 Å². The molecule has 2 rings (SSSR count). The van der Waals surface area contributed by atoms with E-state index < -0.39 is 0 Å². The minimum absolute atomic E-state index is 0.871. The van der Waals surface area contributed by atoms with Gasteiger partial charge in [-0.25, -0.2) is 0 Å². The number of benzene rings is 1. The molecule has 19 heavy (non-hydrogen) atoms. The van der Waals surface area contributed by atoms with E-state index in [1.165, 1.54) is 55.5 Å². The number of halogens is 1. The molecular formula is C16H25BrN2. The van der Waals surface area contributed by atoms with Crippen LogP contribution in [0.1, 0.15) is 31.7 Å². The lowest BCUT2D eigenvalue weighted by molar-refractivity contribution is 0.198. The average molecular weight is 325 g/mol. The van der Waals surface area contributed by atoms with Gasteiger partial charge in [0.2, 0.25) is 0 Å². The highest BCUT2D eigenvalue weighted by Crippen LogP contribution is 2.20. The molecule has 1 aliphatic heterocycles. The van der Waals surface area contributed by atoms with Crippen molar-refractivity contribution >= 4 is 15.9 Å². The van der Waals surface area contributed by atoms with Crippen LogP contribution >= 0.6 is 15.9 Å². The second-order valence-corrected chi connectivity index (χ2v) is 6.37. The molecule has 1 aromatic rings. The summed E-state index contributed by atoms with van der Waals surface area (Å²) in [7, 11) is 0. The van der Waals surface area contributed by atoms with Crippen molar-refractivity contribution < 1.29 is 0 Å². The fraction of sp³-hybridized carbons (Fsp3) is 0.625. The van der Waals surface area contributed by atoms with Gasteiger partial charge < -0.3 is 5.32 Å². The van der Waals surface area contributed by atoms with Gasteiger partial charge in [0.1, 0.15) is 0 Å². The van der Waals surface area contributed by atoms with Crippen LogP contribution in [0.3, 0.4) is 0 Å². The maximum atomic E-state index is 3.66. The minimum Gasteiger partial charge on any atom is -0.317 e. The zero-order valence-corrected chi connectivity index (χ0v) is 13.5. The second kappa shape index (κ2) is 8.03. The Morgan fingerprint density at radius 1 is 1.26 bits per heavy atom. The van der Waals surface area contributed by atoms with E-state index in [4.69, 9.17) is 0 Å². The summed E-state index contributed by atoms with van der Waals surface area (Å²) in [4.78, 5) is 2.62. The quantitative estimate of drug-likeness (QED) is 0.859. The van der Waals surface area contributed by atoms with Crippen molar-refractivity contribution in [3.05, 3.63) is 34.3 Å². The first-order valence-corrected chi connectivity index (χ1v) is 8.25. The molecule has 0 atom stereocenters. The molecule has 3 heteroatoms. The summed E-state index contributed by atoms with van der Waals surface area (Å²) in [5.74, 6) is 0.871. The third kappa shape index (κ3) is 4.90. The zero-order valence-electron chi connectivity index (χ0n) is 11.9. The largest absolute Gasteiger partial charge is 0.317 e. The fourth-order valence-corrected chi connectivity index (χ4v) is 3.26. The molecule has 0 amide bonds. The molecule has 106 valence electrons. The van der Waals surface area contributed by atoms with E-state index in [2.05, 4.69) is 57.3 Å². The van der Waals surface area contributed by atoms with Crippen LogP contribution in [0.15, 0.2) is 28.7 Å². The maximum absolute atomic E-state index is 3.66. The summed E-state index contributed by atoms with van der Waals surface area (Å²) in [6.07, 6.45) is 3.89. The van der Waals surface area contributed by atoms with Crippen LogP contribution in [0, 0.1) is 5.92 Å². The highest BCUT2D eigenvalue weighted by atomic mass is 79.9. The molecule has 0 radical (unpaired) electrons. The van der Waals surface area contributed by atoms with Crippen molar-refractivity contribution in [3.8, 4) is 0 Å². The Morgan fingerprint density at radius 2 is 2.00 bits per heavy atom. The van der Waals surface area contributed by atoms with Crippen LogP contribution in [0.5, 0.6) is 0 Å². The topological polar surface area (TPSA) is 15.3 Å². The van der Waals surface area contributed by atoms with E-state index in [1.54, 1.807) is 0 Å². The van der Waals surface area contributed by atoms with Crippen molar-refractivity contribution in [2.75, 3.05) is 26.2 Å². The van der Waals surface area contributed by atoms with E-state index in [0.29, 0.717) is 0 Å². The summed E-state index contributed by atoms with van der Waals surface area (Å²) in [6.45, 7) is 8.18. The highest BCUT2D eigenvalue weighted by Gasteiger charge is 2.17. The van der Waals surface area contributed by atoms with Gasteiger partial charge in [-0.3, -0.25) is 4.90 Å². The highest BCUT2D eigenvalue weighted by molar-refractivity contribution is 9.10. The van der Waals surface area contributed by atoms with Gasteiger partial charge in [-0.05, 0) is 56.4 Å². The number of hydrogen-bond donors (Lipinski definition) is 1. The zero-order chi connectivity index (χ0) is 13.5. The third-order valence-electron chi connectivity index (χ3n) is 3.87. The van der Waals surface area contributed by atoms with Crippen LogP contribution in [0.4, 0.5) is 0 Å². The Hall–Kier alpha value is -0.380.